The predicted octanol–water partition coefficient (Wildman–Crippen LogP) is 2.86. The number of ether oxygens (including phenoxy) is 1. The molecule has 21 heavy (non-hydrogen) atoms. The highest BCUT2D eigenvalue weighted by molar-refractivity contribution is 5.34. The van der Waals surface area contributed by atoms with Gasteiger partial charge in [0.2, 0.25) is 0 Å². The highest BCUT2D eigenvalue weighted by atomic mass is 19.1. The van der Waals surface area contributed by atoms with Gasteiger partial charge >= 0.3 is 0 Å². The van der Waals surface area contributed by atoms with Crippen LogP contribution in [0.3, 0.4) is 0 Å². The van der Waals surface area contributed by atoms with Crippen LogP contribution in [0.5, 0.6) is 5.75 Å². The zero-order valence-electron chi connectivity index (χ0n) is 11.4. The largest absolute Gasteiger partial charge is 0.494 e. The van der Waals surface area contributed by atoms with Crippen molar-refractivity contribution in [1.29, 1.82) is 0 Å². The van der Waals surface area contributed by atoms with Crippen LogP contribution in [0.25, 0.3) is 0 Å². The molecule has 0 heterocycles. The lowest BCUT2D eigenvalue weighted by Crippen LogP contribution is -2.30. The summed E-state index contributed by atoms with van der Waals surface area (Å²) in [5.41, 5.74) is 2.41. The van der Waals surface area contributed by atoms with Crippen molar-refractivity contribution in [2.24, 2.45) is 5.84 Å². The van der Waals surface area contributed by atoms with Crippen molar-refractivity contribution in [2.45, 2.75) is 12.5 Å². The third kappa shape index (κ3) is 3.17. The van der Waals surface area contributed by atoms with E-state index >= 15 is 0 Å². The zero-order valence-corrected chi connectivity index (χ0v) is 11.4. The number of hydrogen-bond acceptors (Lipinski definition) is 3. The number of nitrogens with one attached hydrogen (secondary N) is 1. The van der Waals surface area contributed by atoms with Gasteiger partial charge in [0.25, 0.3) is 0 Å². The molecule has 0 saturated carbocycles. The molecule has 0 aliphatic rings. The first-order chi connectivity index (χ1) is 10.1. The Labute approximate surface area is 120 Å². The minimum absolute atomic E-state index is 0.0433. The number of benzene rings is 2. The third-order valence-corrected chi connectivity index (χ3v) is 3.26. The molecule has 0 spiro atoms. The maximum absolute atomic E-state index is 14.2. The van der Waals surface area contributed by atoms with Crippen LogP contribution in [0.1, 0.15) is 17.2 Å². The fourth-order valence-electron chi connectivity index (χ4n) is 2.14. The number of halogens is 3. The van der Waals surface area contributed by atoms with Gasteiger partial charge in [-0.1, -0.05) is 18.2 Å². The Bertz CT molecular complexity index is 614. The van der Waals surface area contributed by atoms with Crippen LogP contribution in [-0.4, -0.2) is 7.11 Å². The van der Waals surface area contributed by atoms with E-state index in [1.54, 1.807) is 6.07 Å². The first-order valence-electron chi connectivity index (χ1n) is 6.30. The van der Waals surface area contributed by atoms with Gasteiger partial charge in [0.1, 0.15) is 11.6 Å². The van der Waals surface area contributed by atoms with Crippen LogP contribution in [0, 0.1) is 17.5 Å². The van der Waals surface area contributed by atoms with E-state index in [4.69, 9.17) is 10.6 Å². The lowest BCUT2D eigenvalue weighted by Gasteiger charge is -2.19. The van der Waals surface area contributed by atoms with Crippen LogP contribution < -0.4 is 16.0 Å². The lowest BCUT2D eigenvalue weighted by molar-refractivity contribution is 0.378. The fourth-order valence-corrected chi connectivity index (χ4v) is 2.14. The number of hydrogen-bond donors (Lipinski definition) is 2. The fraction of sp³-hybridized carbons (Fsp3) is 0.200. The van der Waals surface area contributed by atoms with Crippen LogP contribution in [0.2, 0.25) is 0 Å². The van der Waals surface area contributed by atoms with Gasteiger partial charge in [-0.25, -0.2) is 13.2 Å². The molecule has 1 unspecified atom stereocenters. The molecule has 0 saturated heterocycles. The minimum atomic E-state index is -0.786. The molecule has 3 N–H and O–H groups in total. The third-order valence-electron chi connectivity index (χ3n) is 3.26. The molecule has 3 nitrogen and oxygen atoms in total. The second-order valence-electron chi connectivity index (χ2n) is 4.49. The topological polar surface area (TPSA) is 47.3 Å². The molecule has 6 heteroatoms. The summed E-state index contributed by atoms with van der Waals surface area (Å²) in [5, 5.41) is 0. The molecule has 0 bridgehead atoms. The van der Waals surface area contributed by atoms with Crippen molar-refractivity contribution in [1.82, 2.24) is 5.43 Å². The standard InChI is InChI=1S/C15H15F3N2O/c1-21-14-7-2-4-9(15(14)18)13(20-19)8-10-11(16)5-3-6-12(10)17/h2-7,13,20H,8,19H2,1H3. The Morgan fingerprint density at radius 3 is 2.29 bits per heavy atom. The van der Waals surface area contributed by atoms with Crippen LogP contribution in [0.15, 0.2) is 36.4 Å². The number of hydrazine groups is 1. The number of methoxy groups -OCH3 is 1. The molecule has 0 amide bonds. The van der Waals surface area contributed by atoms with E-state index < -0.39 is 23.5 Å². The van der Waals surface area contributed by atoms with Gasteiger partial charge in [0.05, 0.1) is 13.2 Å². The van der Waals surface area contributed by atoms with Crippen molar-refractivity contribution in [3.63, 3.8) is 0 Å². The Hall–Kier alpha value is -2.05. The van der Waals surface area contributed by atoms with Gasteiger partial charge in [0.15, 0.2) is 11.6 Å². The van der Waals surface area contributed by atoms with Crippen LogP contribution in [-0.2, 0) is 6.42 Å². The Balaban J connectivity index is 2.37. The predicted molar refractivity (Wildman–Crippen MR) is 73.1 cm³/mol. The summed E-state index contributed by atoms with van der Waals surface area (Å²) in [7, 11) is 1.34. The molecule has 2 rings (SSSR count). The lowest BCUT2D eigenvalue weighted by atomic mass is 9.98. The summed E-state index contributed by atoms with van der Waals surface area (Å²) in [5.74, 6) is 3.45. The second-order valence-corrected chi connectivity index (χ2v) is 4.49. The molecular weight excluding hydrogens is 281 g/mol. The molecule has 0 fully saturated rings. The maximum atomic E-state index is 14.2. The van der Waals surface area contributed by atoms with Crippen LogP contribution in [0.4, 0.5) is 13.2 Å². The van der Waals surface area contributed by atoms with E-state index in [0.717, 1.165) is 12.1 Å². The van der Waals surface area contributed by atoms with Gasteiger partial charge in [-0.15, -0.1) is 0 Å². The zero-order chi connectivity index (χ0) is 15.4. The SMILES string of the molecule is COc1cccc(C(Cc2c(F)cccc2F)NN)c1F. The van der Waals surface area contributed by atoms with Crippen molar-refractivity contribution in [3.8, 4) is 5.75 Å². The molecule has 2 aromatic carbocycles. The molecule has 112 valence electrons. The molecule has 0 aliphatic carbocycles. The Morgan fingerprint density at radius 1 is 1.10 bits per heavy atom. The Morgan fingerprint density at radius 2 is 1.71 bits per heavy atom. The summed E-state index contributed by atoms with van der Waals surface area (Å²) in [6.07, 6.45) is -0.126. The molecule has 1 atom stereocenters. The van der Waals surface area contributed by atoms with E-state index in [0.29, 0.717) is 0 Å². The van der Waals surface area contributed by atoms with Crippen molar-refractivity contribution in [3.05, 3.63) is 65.0 Å². The monoisotopic (exact) mass is 296 g/mol. The highest BCUT2D eigenvalue weighted by Crippen LogP contribution is 2.28. The van der Waals surface area contributed by atoms with Crippen molar-refractivity contribution in [2.75, 3.05) is 7.11 Å². The molecular formula is C15H15F3N2O. The van der Waals surface area contributed by atoms with Crippen molar-refractivity contribution >= 4 is 0 Å². The summed E-state index contributed by atoms with van der Waals surface area (Å²) < 4.78 is 46.5. The molecule has 0 radical (unpaired) electrons. The number of nitrogens with two attached hydrogens (primary N) is 1. The van der Waals surface area contributed by atoms with Gasteiger partial charge < -0.3 is 4.74 Å². The van der Waals surface area contributed by atoms with E-state index in [1.807, 2.05) is 0 Å². The maximum Gasteiger partial charge on any atom is 0.169 e. The molecule has 0 aliphatic heterocycles. The molecule has 0 aromatic heterocycles. The van der Waals surface area contributed by atoms with Gasteiger partial charge in [-0.2, -0.15) is 0 Å². The smallest absolute Gasteiger partial charge is 0.169 e. The first kappa shape index (κ1) is 15.3. The highest BCUT2D eigenvalue weighted by Gasteiger charge is 2.21. The van der Waals surface area contributed by atoms with Gasteiger partial charge in [-0.3, -0.25) is 11.3 Å². The summed E-state index contributed by atoms with van der Waals surface area (Å²) in [6, 6.07) is 7.30. The van der Waals surface area contributed by atoms with Crippen LogP contribution >= 0.6 is 0 Å². The Kier molecular flexibility index (Phi) is 4.82. The minimum Gasteiger partial charge on any atom is -0.494 e. The van der Waals surface area contributed by atoms with Gasteiger partial charge in [0, 0.05) is 11.1 Å². The van der Waals surface area contributed by atoms with Crippen molar-refractivity contribution < 1.29 is 17.9 Å². The van der Waals surface area contributed by atoms with E-state index in [1.165, 1.54) is 25.3 Å². The van der Waals surface area contributed by atoms with E-state index in [-0.39, 0.29) is 23.3 Å². The summed E-state index contributed by atoms with van der Waals surface area (Å²) in [4.78, 5) is 0. The van der Waals surface area contributed by atoms with Gasteiger partial charge in [-0.05, 0) is 24.6 Å². The average molecular weight is 296 g/mol. The summed E-state index contributed by atoms with van der Waals surface area (Å²) >= 11 is 0. The van der Waals surface area contributed by atoms with E-state index in [9.17, 15) is 13.2 Å². The molecule has 2 aromatic rings. The second kappa shape index (κ2) is 6.60. The normalized spacial score (nSPS) is 12.2. The number of rotatable bonds is 5. The summed E-state index contributed by atoms with van der Waals surface area (Å²) in [6.45, 7) is 0. The quantitative estimate of drug-likeness (QED) is 0.659. The van der Waals surface area contributed by atoms with E-state index in [2.05, 4.69) is 5.43 Å². The average Bonchev–Trinajstić information content (AvgIpc) is 2.48. The first-order valence-corrected chi connectivity index (χ1v) is 6.30.